The lowest BCUT2D eigenvalue weighted by molar-refractivity contribution is -0.142. The van der Waals surface area contributed by atoms with Gasteiger partial charge in [0, 0.05) is 16.7 Å². The zero-order valence-electron chi connectivity index (χ0n) is 13.2. The lowest BCUT2D eigenvalue weighted by atomic mass is 10.1. The van der Waals surface area contributed by atoms with E-state index in [1.807, 2.05) is 48.5 Å². The molecule has 0 bridgehead atoms. The van der Waals surface area contributed by atoms with E-state index in [-0.39, 0.29) is 11.1 Å². The number of carbonyl (C=O) groups excluding carboxylic acids is 1. The topological polar surface area (TPSA) is 63.6 Å². The van der Waals surface area contributed by atoms with Gasteiger partial charge in [0.1, 0.15) is 0 Å². The minimum Gasteiger partial charge on any atom is -0.478 e. The first-order valence-electron chi connectivity index (χ1n) is 7.48. The minimum absolute atomic E-state index is 0.0109. The molecule has 1 aliphatic rings. The highest BCUT2D eigenvalue weighted by molar-refractivity contribution is 5.95. The Labute approximate surface area is 139 Å². The molecule has 24 heavy (non-hydrogen) atoms. The first kappa shape index (κ1) is 15.7. The van der Waals surface area contributed by atoms with Crippen LogP contribution in [0.4, 0.5) is 0 Å². The molecule has 0 unspecified atom stereocenters. The van der Waals surface area contributed by atoms with Crippen molar-refractivity contribution in [3.05, 3.63) is 83.5 Å². The third-order valence-corrected chi connectivity index (χ3v) is 3.99. The van der Waals surface area contributed by atoms with Crippen LogP contribution >= 0.6 is 0 Å². The van der Waals surface area contributed by atoms with Gasteiger partial charge in [0.05, 0.1) is 5.57 Å². The van der Waals surface area contributed by atoms with Crippen LogP contribution in [0.5, 0.6) is 0 Å². The molecule has 0 aliphatic heterocycles. The van der Waals surface area contributed by atoms with Crippen molar-refractivity contribution in [2.45, 2.75) is 13.0 Å². The smallest absolute Gasteiger partial charge is 0.338 e. The molecule has 1 aliphatic carbocycles. The molecule has 3 rings (SSSR count). The number of fused-ring (bicyclic) bond motifs is 3. The van der Waals surface area contributed by atoms with Crippen molar-refractivity contribution in [1.29, 1.82) is 0 Å². The zero-order chi connectivity index (χ0) is 17.3. The first-order valence-corrected chi connectivity index (χ1v) is 7.48. The monoisotopic (exact) mass is 320 g/mol. The van der Waals surface area contributed by atoms with Crippen LogP contribution in [0.3, 0.4) is 0 Å². The quantitative estimate of drug-likeness (QED) is 0.527. The Kier molecular flexibility index (Phi) is 4.04. The third kappa shape index (κ3) is 2.74. The summed E-state index contributed by atoms with van der Waals surface area (Å²) in [5, 5.41) is 8.90. The number of esters is 1. The fraction of sp³-hybridized carbons (Fsp3) is 0.100. The largest absolute Gasteiger partial charge is 0.478 e. The summed E-state index contributed by atoms with van der Waals surface area (Å²) in [6.45, 7) is 5.02. The second kappa shape index (κ2) is 6.16. The summed E-state index contributed by atoms with van der Waals surface area (Å²) in [4.78, 5) is 23.2. The Balaban J connectivity index is 1.91. The normalized spacial score (nSPS) is 13.1. The van der Waals surface area contributed by atoms with E-state index in [0.29, 0.717) is 0 Å². The Bertz CT molecular complexity index is 831. The molecule has 0 radical (unpaired) electrons. The summed E-state index contributed by atoms with van der Waals surface area (Å²) in [5.41, 5.74) is 3.95. The van der Waals surface area contributed by atoms with Crippen LogP contribution in [0.2, 0.25) is 0 Å². The number of carboxylic acids is 1. The maximum absolute atomic E-state index is 12.3. The Morgan fingerprint density at radius 1 is 1.04 bits per heavy atom. The molecule has 0 atom stereocenters. The van der Waals surface area contributed by atoms with Gasteiger partial charge in [0.2, 0.25) is 0 Å². The van der Waals surface area contributed by atoms with Gasteiger partial charge in [0.25, 0.3) is 0 Å². The molecule has 2 aromatic carbocycles. The summed E-state index contributed by atoms with van der Waals surface area (Å²) in [6, 6.07) is 15.5. The van der Waals surface area contributed by atoms with Gasteiger partial charge in [-0.2, -0.15) is 0 Å². The van der Waals surface area contributed by atoms with Crippen molar-refractivity contribution in [2.75, 3.05) is 0 Å². The second-order valence-electron chi connectivity index (χ2n) is 5.62. The molecule has 1 N–H and O–H groups in total. The van der Waals surface area contributed by atoms with Crippen molar-refractivity contribution >= 4 is 11.9 Å². The van der Waals surface area contributed by atoms with Crippen molar-refractivity contribution in [3.63, 3.8) is 0 Å². The van der Waals surface area contributed by atoms with Crippen LogP contribution in [0.15, 0.2) is 72.3 Å². The van der Waals surface area contributed by atoms with Gasteiger partial charge in [0.15, 0.2) is 6.10 Å². The van der Waals surface area contributed by atoms with E-state index in [1.54, 1.807) is 0 Å². The van der Waals surface area contributed by atoms with Gasteiger partial charge in [-0.05, 0) is 24.1 Å². The highest BCUT2D eigenvalue weighted by Crippen LogP contribution is 2.45. The molecule has 0 amide bonds. The van der Waals surface area contributed by atoms with Crippen LogP contribution in [0, 0.1) is 0 Å². The van der Waals surface area contributed by atoms with Gasteiger partial charge in [-0.15, -0.1) is 0 Å². The summed E-state index contributed by atoms with van der Waals surface area (Å²) in [5.74, 6) is -1.73. The maximum atomic E-state index is 12.3. The van der Waals surface area contributed by atoms with Crippen LogP contribution in [-0.2, 0) is 14.3 Å². The van der Waals surface area contributed by atoms with Crippen LogP contribution in [0.25, 0.3) is 11.1 Å². The molecule has 0 fully saturated rings. The van der Waals surface area contributed by atoms with E-state index in [4.69, 9.17) is 9.84 Å². The average molecular weight is 320 g/mol. The highest BCUT2D eigenvalue weighted by atomic mass is 16.5. The molecule has 4 heteroatoms. The maximum Gasteiger partial charge on any atom is 0.338 e. The van der Waals surface area contributed by atoms with Gasteiger partial charge in [-0.25, -0.2) is 9.59 Å². The molecular formula is C20H16O4. The molecule has 120 valence electrons. The molecule has 4 nitrogen and oxygen atoms in total. The number of carbonyl (C=O) groups is 2. The van der Waals surface area contributed by atoms with E-state index < -0.39 is 18.0 Å². The number of carboxylic acid groups (broad SMARTS) is 1. The fourth-order valence-electron chi connectivity index (χ4n) is 2.80. The molecule has 0 saturated heterocycles. The molecule has 2 aromatic rings. The zero-order valence-corrected chi connectivity index (χ0v) is 13.2. The van der Waals surface area contributed by atoms with E-state index in [0.717, 1.165) is 22.3 Å². The van der Waals surface area contributed by atoms with Gasteiger partial charge < -0.3 is 9.84 Å². The van der Waals surface area contributed by atoms with Gasteiger partial charge in [-0.1, -0.05) is 55.1 Å². The predicted molar refractivity (Wildman–Crippen MR) is 90.3 cm³/mol. The number of rotatable bonds is 4. The number of hydrogen-bond acceptors (Lipinski definition) is 3. The standard InChI is InChI=1S/C20H16O4/c1-12(19(21)22)11-13(2)20(23)24-18-16-9-5-3-7-14(16)15-8-4-6-10-17(15)18/h3-11,18H,2H2,1H3,(H,21,22). The summed E-state index contributed by atoms with van der Waals surface area (Å²) >= 11 is 0. The summed E-state index contributed by atoms with van der Waals surface area (Å²) in [7, 11) is 0. The number of aliphatic carboxylic acids is 1. The molecule has 0 saturated carbocycles. The second-order valence-corrected chi connectivity index (χ2v) is 5.62. The number of benzene rings is 2. The van der Waals surface area contributed by atoms with E-state index in [9.17, 15) is 9.59 Å². The van der Waals surface area contributed by atoms with Crippen molar-refractivity contribution in [2.24, 2.45) is 0 Å². The van der Waals surface area contributed by atoms with Gasteiger partial charge in [-0.3, -0.25) is 0 Å². The summed E-state index contributed by atoms with van der Waals surface area (Å²) < 4.78 is 5.63. The Morgan fingerprint density at radius 3 is 2.04 bits per heavy atom. The van der Waals surface area contributed by atoms with Crippen molar-refractivity contribution in [1.82, 2.24) is 0 Å². The van der Waals surface area contributed by atoms with Crippen molar-refractivity contribution < 1.29 is 19.4 Å². The number of hydrogen-bond donors (Lipinski definition) is 1. The lowest BCUT2D eigenvalue weighted by Crippen LogP contribution is -2.12. The fourth-order valence-corrected chi connectivity index (χ4v) is 2.80. The Morgan fingerprint density at radius 2 is 1.54 bits per heavy atom. The Hall–Kier alpha value is -3.14. The molecule has 0 spiro atoms. The van der Waals surface area contributed by atoms with Crippen molar-refractivity contribution in [3.8, 4) is 11.1 Å². The average Bonchev–Trinajstić information content (AvgIpc) is 2.89. The molecular weight excluding hydrogens is 304 g/mol. The molecule has 0 heterocycles. The van der Waals surface area contributed by atoms with Crippen LogP contribution in [0.1, 0.15) is 24.2 Å². The SMILES string of the molecule is C=C(C=C(C)C(=O)O)C(=O)OC1c2ccccc2-c2ccccc21. The van der Waals surface area contributed by atoms with E-state index in [1.165, 1.54) is 13.0 Å². The highest BCUT2D eigenvalue weighted by Gasteiger charge is 2.31. The van der Waals surface area contributed by atoms with E-state index in [2.05, 4.69) is 6.58 Å². The van der Waals surface area contributed by atoms with Crippen LogP contribution < -0.4 is 0 Å². The van der Waals surface area contributed by atoms with Gasteiger partial charge >= 0.3 is 11.9 Å². The van der Waals surface area contributed by atoms with Crippen LogP contribution in [-0.4, -0.2) is 17.0 Å². The third-order valence-electron chi connectivity index (χ3n) is 3.99. The molecule has 0 aromatic heterocycles. The predicted octanol–water partition coefficient (Wildman–Crippen LogP) is 3.89. The minimum atomic E-state index is -1.10. The number of ether oxygens (including phenoxy) is 1. The first-order chi connectivity index (χ1) is 11.5. The summed E-state index contributed by atoms with van der Waals surface area (Å²) in [6.07, 6.45) is 0.706. The van der Waals surface area contributed by atoms with E-state index >= 15 is 0 Å². The lowest BCUT2D eigenvalue weighted by Gasteiger charge is -2.15.